The Morgan fingerprint density at radius 1 is 0.868 bits per heavy atom. The van der Waals surface area contributed by atoms with Crippen LogP contribution in [0.15, 0.2) is 101 Å². The number of benzene rings is 4. The van der Waals surface area contributed by atoms with Crippen LogP contribution >= 0.6 is 0 Å². The van der Waals surface area contributed by atoms with Crippen molar-refractivity contribution < 1.29 is 14.2 Å². The van der Waals surface area contributed by atoms with Crippen molar-refractivity contribution in [1.29, 1.82) is 0 Å². The summed E-state index contributed by atoms with van der Waals surface area (Å²) in [7, 11) is 3.14. The molecule has 0 fully saturated rings. The number of rotatable bonds is 8. The third kappa shape index (κ3) is 5.13. The second kappa shape index (κ2) is 11.0. The van der Waals surface area contributed by atoms with Gasteiger partial charge >= 0.3 is 0 Å². The van der Waals surface area contributed by atoms with Crippen LogP contribution in [0.25, 0.3) is 22.3 Å². The van der Waals surface area contributed by atoms with Crippen LogP contribution < -0.4 is 19.8 Å². The molecule has 0 aliphatic carbocycles. The summed E-state index contributed by atoms with van der Waals surface area (Å²) in [5.41, 5.74) is 3.99. The van der Waals surface area contributed by atoms with Crippen LogP contribution in [0.3, 0.4) is 0 Å². The minimum atomic E-state index is -0.261. The molecule has 5 rings (SSSR count). The Balaban J connectivity index is 1.54. The van der Waals surface area contributed by atoms with Crippen LogP contribution in [0.2, 0.25) is 0 Å². The first-order chi connectivity index (χ1) is 18.6. The molecule has 0 N–H and O–H groups in total. The van der Waals surface area contributed by atoms with Gasteiger partial charge in [-0.05, 0) is 36.8 Å². The lowest BCUT2D eigenvalue weighted by Crippen LogP contribution is -2.20. The molecule has 0 bridgehead atoms. The van der Waals surface area contributed by atoms with Gasteiger partial charge in [0.2, 0.25) is 5.75 Å². The lowest BCUT2D eigenvalue weighted by Gasteiger charge is -2.15. The molecule has 5 aromatic rings. The Bertz CT molecular complexity index is 1650. The first-order valence-corrected chi connectivity index (χ1v) is 12.1. The largest absolute Gasteiger partial charge is 0.493 e. The van der Waals surface area contributed by atoms with Crippen molar-refractivity contribution in [3.8, 4) is 28.6 Å². The average Bonchev–Trinajstić information content (AvgIpc) is 2.95. The van der Waals surface area contributed by atoms with Crippen molar-refractivity contribution in [2.45, 2.75) is 13.5 Å². The highest BCUT2D eigenvalue weighted by atomic mass is 16.5. The number of para-hydroxylation sites is 1. The molecule has 0 aliphatic rings. The fourth-order valence-corrected chi connectivity index (χ4v) is 4.20. The lowest BCUT2D eigenvalue weighted by molar-refractivity contribution is 0.266. The summed E-state index contributed by atoms with van der Waals surface area (Å²) in [5.74, 6) is 1.92. The van der Waals surface area contributed by atoms with Gasteiger partial charge in [0.25, 0.3) is 5.56 Å². The fourth-order valence-electron chi connectivity index (χ4n) is 4.20. The maximum atomic E-state index is 13.4. The van der Waals surface area contributed by atoms with E-state index in [0.29, 0.717) is 46.1 Å². The highest BCUT2D eigenvalue weighted by molar-refractivity contribution is 5.83. The number of ether oxygens (including phenoxy) is 3. The number of aromatic nitrogens is 2. The van der Waals surface area contributed by atoms with Gasteiger partial charge in [0.15, 0.2) is 17.3 Å². The molecule has 190 valence electrons. The van der Waals surface area contributed by atoms with E-state index < -0.39 is 0 Å². The van der Waals surface area contributed by atoms with Gasteiger partial charge in [-0.2, -0.15) is 9.78 Å². The van der Waals surface area contributed by atoms with Crippen LogP contribution in [0.4, 0.5) is 0 Å². The van der Waals surface area contributed by atoms with E-state index in [1.807, 2.05) is 73.7 Å². The zero-order valence-electron chi connectivity index (χ0n) is 21.4. The molecule has 0 aliphatic heterocycles. The highest BCUT2D eigenvalue weighted by Gasteiger charge is 2.15. The second-order valence-electron chi connectivity index (χ2n) is 8.71. The molecule has 0 atom stereocenters. The fraction of sp³-hybridized carbons (Fsp3) is 0.129. The minimum Gasteiger partial charge on any atom is -0.493 e. The van der Waals surface area contributed by atoms with Gasteiger partial charge in [-0.25, -0.2) is 4.98 Å². The van der Waals surface area contributed by atoms with E-state index in [0.717, 1.165) is 16.7 Å². The first kappa shape index (κ1) is 24.8. The van der Waals surface area contributed by atoms with Crippen LogP contribution in [-0.2, 0) is 6.61 Å². The number of hydrogen-bond acceptors (Lipinski definition) is 6. The Morgan fingerprint density at radius 2 is 1.58 bits per heavy atom. The number of fused-ring (bicyclic) bond motifs is 1. The number of nitrogens with zero attached hydrogens (tertiary/aromatic N) is 3. The van der Waals surface area contributed by atoms with E-state index in [1.165, 1.54) is 4.68 Å². The Labute approximate surface area is 220 Å². The first-order valence-electron chi connectivity index (χ1n) is 12.1. The maximum Gasteiger partial charge on any atom is 0.282 e. The highest BCUT2D eigenvalue weighted by Crippen LogP contribution is 2.38. The van der Waals surface area contributed by atoms with E-state index in [4.69, 9.17) is 19.2 Å². The monoisotopic (exact) mass is 505 g/mol. The molecule has 0 unspecified atom stereocenters. The molecule has 0 saturated heterocycles. The summed E-state index contributed by atoms with van der Waals surface area (Å²) < 4.78 is 18.7. The summed E-state index contributed by atoms with van der Waals surface area (Å²) in [6.07, 6.45) is 1.58. The molecule has 1 aromatic heterocycles. The molecular formula is C31H27N3O4. The summed E-state index contributed by atoms with van der Waals surface area (Å²) in [6.45, 7) is 2.40. The Hall–Kier alpha value is -4.91. The van der Waals surface area contributed by atoms with Gasteiger partial charge in [0, 0.05) is 11.1 Å². The number of methoxy groups -OCH3 is 2. The van der Waals surface area contributed by atoms with Gasteiger partial charge in [-0.15, -0.1) is 0 Å². The number of aryl methyl sites for hydroxylation is 1. The summed E-state index contributed by atoms with van der Waals surface area (Å²) in [4.78, 5) is 18.2. The summed E-state index contributed by atoms with van der Waals surface area (Å²) >= 11 is 0. The third-order valence-electron chi connectivity index (χ3n) is 6.06. The molecule has 0 radical (unpaired) electrons. The molecule has 1 heterocycles. The van der Waals surface area contributed by atoms with E-state index in [9.17, 15) is 4.79 Å². The van der Waals surface area contributed by atoms with Crippen molar-refractivity contribution in [2.75, 3.05) is 14.2 Å². The van der Waals surface area contributed by atoms with Crippen molar-refractivity contribution in [3.63, 3.8) is 0 Å². The van der Waals surface area contributed by atoms with Crippen molar-refractivity contribution in [2.24, 2.45) is 5.10 Å². The van der Waals surface area contributed by atoms with E-state index in [1.54, 1.807) is 38.6 Å². The molecule has 0 spiro atoms. The molecule has 38 heavy (non-hydrogen) atoms. The maximum absolute atomic E-state index is 13.4. The van der Waals surface area contributed by atoms with Crippen LogP contribution in [0.5, 0.6) is 17.2 Å². The van der Waals surface area contributed by atoms with Crippen LogP contribution in [0.1, 0.15) is 16.7 Å². The minimum absolute atomic E-state index is 0.261. The molecule has 0 saturated carbocycles. The smallest absolute Gasteiger partial charge is 0.282 e. The zero-order valence-corrected chi connectivity index (χ0v) is 21.4. The van der Waals surface area contributed by atoms with Gasteiger partial charge in [0.1, 0.15) is 6.61 Å². The van der Waals surface area contributed by atoms with Gasteiger partial charge < -0.3 is 14.2 Å². The predicted octanol–water partition coefficient (Wildman–Crippen LogP) is 5.85. The van der Waals surface area contributed by atoms with Crippen LogP contribution in [-0.4, -0.2) is 30.1 Å². The van der Waals surface area contributed by atoms with Crippen molar-refractivity contribution >= 4 is 17.1 Å². The van der Waals surface area contributed by atoms with Gasteiger partial charge in [-0.3, -0.25) is 4.79 Å². The van der Waals surface area contributed by atoms with Crippen molar-refractivity contribution in [3.05, 3.63) is 118 Å². The quantitative estimate of drug-likeness (QED) is 0.247. The predicted molar refractivity (Wildman–Crippen MR) is 149 cm³/mol. The second-order valence-corrected chi connectivity index (χ2v) is 8.71. The molecule has 7 nitrogen and oxygen atoms in total. The van der Waals surface area contributed by atoms with Gasteiger partial charge in [0.05, 0.1) is 31.3 Å². The molecule has 0 amide bonds. The molecular weight excluding hydrogens is 478 g/mol. The topological polar surface area (TPSA) is 74.9 Å². The standard InChI is InChI=1S/C31H27N3O4/c1-21-10-9-11-22(16-21)20-38-29-27(36-2)17-23(18-28(29)37-3)19-32-34-30(24-12-5-4-6-13-24)33-26-15-8-7-14-25(26)31(34)35/h4-19H,20H2,1-3H3. The summed E-state index contributed by atoms with van der Waals surface area (Å²) in [5, 5.41) is 5.04. The summed E-state index contributed by atoms with van der Waals surface area (Å²) in [6, 6.07) is 28.4. The third-order valence-corrected chi connectivity index (χ3v) is 6.06. The van der Waals surface area contributed by atoms with Crippen molar-refractivity contribution in [1.82, 2.24) is 9.66 Å². The lowest BCUT2D eigenvalue weighted by atomic mass is 10.1. The molecule has 7 heteroatoms. The normalized spacial score (nSPS) is 11.1. The average molecular weight is 506 g/mol. The SMILES string of the molecule is COc1cc(C=Nn2c(-c3ccccc3)nc3ccccc3c2=O)cc(OC)c1OCc1cccc(C)c1. The van der Waals surface area contributed by atoms with Crippen LogP contribution in [0, 0.1) is 6.92 Å². The number of hydrogen-bond donors (Lipinski definition) is 0. The van der Waals surface area contributed by atoms with E-state index >= 15 is 0 Å². The Morgan fingerprint density at radius 3 is 2.29 bits per heavy atom. The zero-order chi connectivity index (χ0) is 26.5. The van der Waals surface area contributed by atoms with E-state index in [-0.39, 0.29) is 5.56 Å². The van der Waals surface area contributed by atoms with E-state index in [2.05, 4.69) is 11.2 Å². The Kier molecular flexibility index (Phi) is 7.17. The molecule has 4 aromatic carbocycles. The van der Waals surface area contributed by atoms with Gasteiger partial charge in [-0.1, -0.05) is 72.3 Å².